The van der Waals surface area contributed by atoms with E-state index in [1.165, 1.54) is 12.7 Å². The molecule has 0 aliphatic heterocycles. The Hall–Kier alpha value is -1.40. The first-order valence-electron chi connectivity index (χ1n) is 9.89. The Labute approximate surface area is 176 Å². The highest BCUT2D eigenvalue weighted by molar-refractivity contribution is 7.17. The summed E-state index contributed by atoms with van der Waals surface area (Å²) in [7, 11) is 2.35. The molecule has 2 unspecified atom stereocenters. The lowest BCUT2D eigenvalue weighted by Crippen LogP contribution is -2.22. The van der Waals surface area contributed by atoms with Crippen molar-refractivity contribution in [2.45, 2.75) is 84.2 Å². The van der Waals surface area contributed by atoms with Crippen molar-refractivity contribution in [2.24, 2.45) is 0 Å². The predicted molar refractivity (Wildman–Crippen MR) is 112 cm³/mol. The number of carbonyl (C=O) groups excluding carboxylic acids is 2. The molecule has 0 rings (SSSR count). The SMILES string of the molecule is COC(=O)C(CC/C=C(\C)CCC[C@@H](/C=C(\C)CCC=O)OC(C)OC)OP=O. The minimum absolute atomic E-state index is 0.0717. The fourth-order valence-corrected chi connectivity index (χ4v) is 3.04. The quantitative estimate of drug-likeness (QED) is 0.106. The number of methoxy groups -OCH3 is 2. The molecule has 0 saturated carbocycles. The molecule has 0 saturated heterocycles. The number of allylic oxidation sites excluding steroid dienone is 3. The van der Waals surface area contributed by atoms with E-state index in [9.17, 15) is 14.2 Å². The third-order valence-corrected chi connectivity index (χ3v) is 4.78. The van der Waals surface area contributed by atoms with Crippen molar-refractivity contribution in [3.05, 3.63) is 23.3 Å². The Morgan fingerprint density at radius 2 is 1.79 bits per heavy atom. The number of rotatable bonds is 17. The van der Waals surface area contributed by atoms with Gasteiger partial charge in [0.05, 0.1) is 13.2 Å². The van der Waals surface area contributed by atoms with Gasteiger partial charge in [-0.2, -0.15) is 0 Å². The molecule has 0 aliphatic rings. The normalized spacial score (nSPS) is 15.8. The van der Waals surface area contributed by atoms with Crippen molar-refractivity contribution < 1.29 is 32.9 Å². The topological polar surface area (TPSA) is 88.1 Å². The molecule has 0 fully saturated rings. The Kier molecular flexibility index (Phi) is 16.6. The van der Waals surface area contributed by atoms with Gasteiger partial charge >= 0.3 is 14.7 Å². The van der Waals surface area contributed by atoms with Gasteiger partial charge in [-0.05, 0) is 59.3 Å². The van der Waals surface area contributed by atoms with E-state index in [2.05, 4.69) is 16.9 Å². The molecule has 0 heterocycles. The Morgan fingerprint density at radius 3 is 2.38 bits per heavy atom. The molecule has 0 aromatic carbocycles. The zero-order valence-corrected chi connectivity index (χ0v) is 19.1. The van der Waals surface area contributed by atoms with Gasteiger partial charge in [0, 0.05) is 13.5 Å². The number of aldehydes is 1. The fourth-order valence-electron chi connectivity index (χ4n) is 2.74. The van der Waals surface area contributed by atoms with Crippen LogP contribution in [-0.2, 0) is 32.9 Å². The Bertz CT molecular complexity index is 545. The van der Waals surface area contributed by atoms with Crippen LogP contribution in [0.25, 0.3) is 0 Å². The number of ether oxygens (including phenoxy) is 3. The second-order valence-corrected chi connectivity index (χ2v) is 7.27. The molecule has 166 valence electrons. The van der Waals surface area contributed by atoms with E-state index < -0.39 is 20.8 Å². The maximum absolute atomic E-state index is 11.5. The lowest BCUT2D eigenvalue weighted by atomic mass is 10.0. The van der Waals surface area contributed by atoms with Crippen LogP contribution in [0.1, 0.15) is 65.7 Å². The first-order valence-corrected chi connectivity index (χ1v) is 10.6. The number of carbonyl (C=O) groups is 2. The highest BCUT2D eigenvalue weighted by atomic mass is 31.1. The van der Waals surface area contributed by atoms with Crippen LogP contribution in [-0.4, -0.2) is 45.0 Å². The second-order valence-electron chi connectivity index (χ2n) is 6.91. The molecule has 7 nitrogen and oxygen atoms in total. The van der Waals surface area contributed by atoms with Gasteiger partial charge in [0.15, 0.2) is 12.4 Å². The molecule has 0 aromatic rings. The molecular formula is C21H35O7P. The van der Waals surface area contributed by atoms with Crippen LogP contribution in [0, 0.1) is 0 Å². The van der Waals surface area contributed by atoms with Crippen molar-refractivity contribution in [3.8, 4) is 0 Å². The van der Waals surface area contributed by atoms with Gasteiger partial charge in [0.1, 0.15) is 6.29 Å². The van der Waals surface area contributed by atoms with Gasteiger partial charge in [-0.1, -0.05) is 23.3 Å². The molecule has 0 aromatic heterocycles. The van der Waals surface area contributed by atoms with E-state index in [1.807, 2.05) is 20.8 Å². The third kappa shape index (κ3) is 14.3. The van der Waals surface area contributed by atoms with Crippen LogP contribution in [0.5, 0.6) is 0 Å². The van der Waals surface area contributed by atoms with E-state index in [1.54, 1.807) is 7.11 Å². The molecule has 0 N–H and O–H groups in total. The summed E-state index contributed by atoms with van der Waals surface area (Å²) in [6, 6.07) is 0. The summed E-state index contributed by atoms with van der Waals surface area (Å²) in [6.07, 6.45) is 8.79. The first-order chi connectivity index (χ1) is 13.9. The van der Waals surface area contributed by atoms with E-state index in [0.717, 1.165) is 37.5 Å². The summed E-state index contributed by atoms with van der Waals surface area (Å²) >= 11 is 0. The summed E-state index contributed by atoms with van der Waals surface area (Å²) in [5.74, 6) is -0.525. The van der Waals surface area contributed by atoms with E-state index in [0.29, 0.717) is 19.3 Å². The molecule has 29 heavy (non-hydrogen) atoms. The van der Waals surface area contributed by atoms with Gasteiger partial charge in [0.25, 0.3) is 0 Å². The van der Waals surface area contributed by atoms with E-state index >= 15 is 0 Å². The minimum atomic E-state index is -0.823. The van der Waals surface area contributed by atoms with Gasteiger partial charge < -0.3 is 19.0 Å². The molecule has 0 spiro atoms. The number of hydrogen-bond acceptors (Lipinski definition) is 7. The molecule has 3 atom stereocenters. The molecule has 0 amide bonds. The second kappa shape index (κ2) is 17.5. The van der Waals surface area contributed by atoms with Crippen LogP contribution in [0.2, 0.25) is 0 Å². The standard InChI is InChI=1S/C21H35O7P/c1-16(10-7-13-20(28-29-24)21(23)26-5)9-6-12-19(27-18(3)25-4)15-17(2)11-8-14-22/h10,14-15,18-20H,6-9,11-13H2,1-5H3/b16-10+,17-15+/t18?,19-,20?/m0/s1. The van der Waals surface area contributed by atoms with Crippen LogP contribution in [0.3, 0.4) is 0 Å². The van der Waals surface area contributed by atoms with Crippen LogP contribution >= 0.6 is 8.69 Å². The molecule has 0 aliphatic carbocycles. The van der Waals surface area contributed by atoms with E-state index in [-0.39, 0.29) is 12.4 Å². The average Bonchev–Trinajstić information content (AvgIpc) is 2.70. The maximum Gasteiger partial charge on any atom is 0.336 e. The monoisotopic (exact) mass is 430 g/mol. The summed E-state index contributed by atoms with van der Waals surface area (Å²) in [5.41, 5.74) is 2.33. The van der Waals surface area contributed by atoms with Crippen molar-refractivity contribution in [1.82, 2.24) is 0 Å². The zero-order chi connectivity index (χ0) is 22.1. The highest BCUT2D eigenvalue weighted by Gasteiger charge is 2.19. The number of esters is 1. The summed E-state index contributed by atoms with van der Waals surface area (Å²) in [4.78, 5) is 22.1. The lowest BCUT2D eigenvalue weighted by molar-refractivity contribution is -0.148. The molecule has 0 radical (unpaired) electrons. The Morgan fingerprint density at radius 1 is 1.07 bits per heavy atom. The zero-order valence-electron chi connectivity index (χ0n) is 18.2. The van der Waals surface area contributed by atoms with Gasteiger partial charge in [0.2, 0.25) is 0 Å². The predicted octanol–water partition coefficient (Wildman–Crippen LogP) is 4.95. The summed E-state index contributed by atoms with van der Waals surface area (Å²) in [5, 5.41) is 0. The van der Waals surface area contributed by atoms with E-state index in [4.69, 9.17) is 14.0 Å². The molecule has 8 heteroatoms. The van der Waals surface area contributed by atoms with Crippen LogP contribution < -0.4 is 0 Å². The molecular weight excluding hydrogens is 395 g/mol. The lowest BCUT2D eigenvalue weighted by Gasteiger charge is -2.20. The maximum atomic E-state index is 11.5. The third-order valence-electron chi connectivity index (χ3n) is 4.44. The summed E-state index contributed by atoms with van der Waals surface area (Å²) < 4.78 is 31.2. The summed E-state index contributed by atoms with van der Waals surface area (Å²) in [6.45, 7) is 5.90. The van der Waals surface area contributed by atoms with Crippen LogP contribution in [0.15, 0.2) is 23.3 Å². The molecule has 0 bridgehead atoms. The minimum Gasteiger partial charge on any atom is -0.467 e. The van der Waals surface area contributed by atoms with Crippen molar-refractivity contribution in [3.63, 3.8) is 0 Å². The highest BCUT2D eigenvalue weighted by Crippen LogP contribution is 2.18. The van der Waals surface area contributed by atoms with Crippen molar-refractivity contribution in [1.29, 1.82) is 0 Å². The van der Waals surface area contributed by atoms with Crippen molar-refractivity contribution >= 4 is 20.9 Å². The fraction of sp³-hybridized carbons (Fsp3) is 0.714. The van der Waals surface area contributed by atoms with Gasteiger partial charge in [-0.3, -0.25) is 4.52 Å². The van der Waals surface area contributed by atoms with Gasteiger partial charge in [-0.25, -0.2) is 9.36 Å². The largest absolute Gasteiger partial charge is 0.467 e. The Balaban J connectivity index is 4.57. The van der Waals surface area contributed by atoms with Crippen LogP contribution in [0.4, 0.5) is 0 Å². The average molecular weight is 430 g/mol. The number of hydrogen-bond donors (Lipinski definition) is 0. The first kappa shape index (κ1) is 27.6. The smallest absolute Gasteiger partial charge is 0.336 e. The van der Waals surface area contributed by atoms with Gasteiger partial charge in [-0.15, -0.1) is 0 Å². The van der Waals surface area contributed by atoms with Crippen molar-refractivity contribution in [2.75, 3.05) is 14.2 Å².